The van der Waals surface area contributed by atoms with Crippen LogP contribution in [0.25, 0.3) is 16.7 Å². The first-order valence-corrected chi connectivity index (χ1v) is 6.62. The van der Waals surface area contributed by atoms with Crippen LogP contribution in [0.5, 0.6) is 0 Å². The van der Waals surface area contributed by atoms with Crippen LogP contribution in [-0.2, 0) is 0 Å². The number of aromatic nitrogens is 2. The minimum Gasteiger partial charge on any atom is -0.378 e. The fourth-order valence-electron chi connectivity index (χ4n) is 2.23. The number of nitrogens with zero attached hydrogens (tertiary/aromatic N) is 2. The van der Waals surface area contributed by atoms with E-state index in [4.69, 9.17) is 11.6 Å². The predicted molar refractivity (Wildman–Crippen MR) is 83.2 cm³/mol. The lowest BCUT2D eigenvalue weighted by Crippen LogP contribution is -2.15. The summed E-state index contributed by atoms with van der Waals surface area (Å²) in [6, 6.07) is 13.2. The van der Waals surface area contributed by atoms with Crippen molar-refractivity contribution < 1.29 is 0 Å². The van der Waals surface area contributed by atoms with E-state index in [1.165, 1.54) is 0 Å². The van der Waals surface area contributed by atoms with Crippen LogP contribution in [0.15, 0.2) is 47.3 Å². The van der Waals surface area contributed by atoms with Crippen LogP contribution in [0.1, 0.15) is 0 Å². The van der Waals surface area contributed by atoms with Gasteiger partial charge in [-0.05, 0) is 42.5 Å². The fraction of sp³-hybridized carbons (Fsp3) is 0.133. The van der Waals surface area contributed by atoms with Crippen LogP contribution in [0, 0.1) is 0 Å². The van der Waals surface area contributed by atoms with Gasteiger partial charge in [-0.1, -0.05) is 11.6 Å². The highest BCUT2D eigenvalue weighted by atomic mass is 35.5. The SMILES string of the molecule is CN(C)c1ccc(-n2c(=O)[nH]c3ccc(Cl)cc32)cc1. The zero-order valence-electron chi connectivity index (χ0n) is 11.2. The Morgan fingerprint density at radius 3 is 2.45 bits per heavy atom. The second-order valence-electron chi connectivity index (χ2n) is 4.84. The van der Waals surface area contributed by atoms with Crippen LogP contribution in [0.4, 0.5) is 5.69 Å². The molecule has 0 fully saturated rings. The van der Waals surface area contributed by atoms with Gasteiger partial charge in [0.25, 0.3) is 0 Å². The normalized spacial score (nSPS) is 10.9. The van der Waals surface area contributed by atoms with E-state index in [1.807, 2.05) is 49.3 Å². The molecule has 0 bridgehead atoms. The van der Waals surface area contributed by atoms with E-state index in [0.717, 1.165) is 22.4 Å². The van der Waals surface area contributed by atoms with Crippen molar-refractivity contribution in [2.45, 2.75) is 0 Å². The number of halogens is 1. The third kappa shape index (κ3) is 2.08. The van der Waals surface area contributed by atoms with Crippen molar-refractivity contribution in [1.29, 1.82) is 0 Å². The maximum absolute atomic E-state index is 12.1. The van der Waals surface area contributed by atoms with E-state index in [0.29, 0.717) is 5.02 Å². The quantitative estimate of drug-likeness (QED) is 0.787. The second-order valence-corrected chi connectivity index (χ2v) is 5.27. The van der Waals surface area contributed by atoms with Gasteiger partial charge in [0.2, 0.25) is 0 Å². The molecule has 2 aromatic carbocycles. The lowest BCUT2D eigenvalue weighted by molar-refractivity contribution is 1.01. The molecule has 0 amide bonds. The Hall–Kier alpha value is -2.20. The van der Waals surface area contributed by atoms with Crippen molar-refractivity contribution >= 4 is 28.3 Å². The zero-order valence-corrected chi connectivity index (χ0v) is 12.0. The number of H-pyrrole nitrogens is 1. The van der Waals surface area contributed by atoms with E-state index >= 15 is 0 Å². The highest BCUT2D eigenvalue weighted by Crippen LogP contribution is 2.21. The number of anilines is 1. The fourth-order valence-corrected chi connectivity index (χ4v) is 2.40. The van der Waals surface area contributed by atoms with Crippen molar-refractivity contribution in [2.24, 2.45) is 0 Å². The molecule has 102 valence electrons. The Balaban J connectivity index is 2.21. The number of hydrogen-bond donors (Lipinski definition) is 1. The Labute approximate surface area is 121 Å². The molecule has 0 saturated carbocycles. The lowest BCUT2D eigenvalue weighted by Gasteiger charge is -2.13. The van der Waals surface area contributed by atoms with Crippen molar-refractivity contribution in [1.82, 2.24) is 9.55 Å². The van der Waals surface area contributed by atoms with Gasteiger partial charge in [0.1, 0.15) is 0 Å². The summed E-state index contributed by atoms with van der Waals surface area (Å²) in [5.74, 6) is 0. The molecule has 0 aliphatic carbocycles. The Morgan fingerprint density at radius 2 is 1.80 bits per heavy atom. The van der Waals surface area contributed by atoms with E-state index in [-0.39, 0.29) is 5.69 Å². The summed E-state index contributed by atoms with van der Waals surface area (Å²) < 4.78 is 1.63. The molecule has 0 spiro atoms. The van der Waals surface area contributed by atoms with Gasteiger partial charge >= 0.3 is 5.69 Å². The molecule has 1 N–H and O–H groups in total. The standard InChI is InChI=1S/C15H14ClN3O/c1-18(2)11-4-6-12(7-5-11)19-14-9-10(16)3-8-13(14)17-15(19)20/h3-9H,1-2H3,(H,17,20). The Kier molecular flexibility index (Phi) is 3.03. The molecular weight excluding hydrogens is 274 g/mol. The van der Waals surface area contributed by atoms with Crippen molar-refractivity contribution in [2.75, 3.05) is 19.0 Å². The van der Waals surface area contributed by atoms with Gasteiger partial charge in [-0.15, -0.1) is 0 Å². The average Bonchev–Trinajstić information content (AvgIpc) is 2.74. The summed E-state index contributed by atoms with van der Waals surface area (Å²) in [5, 5.41) is 0.607. The summed E-state index contributed by atoms with van der Waals surface area (Å²) in [6.07, 6.45) is 0. The van der Waals surface area contributed by atoms with Crippen LogP contribution < -0.4 is 10.6 Å². The van der Waals surface area contributed by atoms with E-state index in [1.54, 1.807) is 16.7 Å². The molecule has 1 heterocycles. The molecule has 20 heavy (non-hydrogen) atoms. The summed E-state index contributed by atoms with van der Waals surface area (Å²) in [7, 11) is 3.96. The molecular formula is C15H14ClN3O. The maximum Gasteiger partial charge on any atom is 0.331 e. The molecule has 0 unspecified atom stereocenters. The Morgan fingerprint density at radius 1 is 1.10 bits per heavy atom. The number of imidazole rings is 1. The molecule has 3 rings (SSSR count). The lowest BCUT2D eigenvalue weighted by atomic mass is 10.2. The summed E-state index contributed by atoms with van der Waals surface area (Å²) >= 11 is 6.02. The molecule has 0 saturated heterocycles. The predicted octanol–water partition coefficient (Wildman–Crippen LogP) is 3.04. The van der Waals surface area contributed by atoms with Gasteiger partial charge in [-0.2, -0.15) is 0 Å². The van der Waals surface area contributed by atoms with Crippen LogP contribution >= 0.6 is 11.6 Å². The molecule has 5 heteroatoms. The largest absolute Gasteiger partial charge is 0.378 e. The van der Waals surface area contributed by atoms with Crippen molar-refractivity contribution in [3.63, 3.8) is 0 Å². The molecule has 0 aliphatic heterocycles. The zero-order chi connectivity index (χ0) is 14.3. The molecule has 0 radical (unpaired) electrons. The highest BCUT2D eigenvalue weighted by molar-refractivity contribution is 6.31. The molecule has 1 aromatic heterocycles. The van der Waals surface area contributed by atoms with Crippen molar-refractivity contribution in [3.8, 4) is 5.69 Å². The summed E-state index contributed by atoms with van der Waals surface area (Å²) in [6.45, 7) is 0. The first-order valence-electron chi connectivity index (χ1n) is 6.24. The number of benzene rings is 2. The maximum atomic E-state index is 12.1. The first-order chi connectivity index (χ1) is 9.56. The Bertz CT molecular complexity index is 815. The minimum atomic E-state index is -0.167. The monoisotopic (exact) mass is 287 g/mol. The minimum absolute atomic E-state index is 0.167. The average molecular weight is 288 g/mol. The second kappa shape index (κ2) is 4.72. The van der Waals surface area contributed by atoms with E-state index in [9.17, 15) is 4.79 Å². The van der Waals surface area contributed by atoms with Crippen LogP contribution in [-0.4, -0.2) is 23.6 Å². The molecule has 0 atom stereocenters. The van der Waals surface area contributed by atoms with Crippen molar-refractivity contribution in [3.05, 3.63) is 58.0 Å². The smallest absolute Gasteiger partial charge is 0.331 e. The number of aromatic amines is 1. The van der Waals surface area contributed by atoms with Gasteiger partial charge in [-0.25, -0.2) is 4.79 Å². The molecule has 4 nitrogen and oxygen atoms in total. The van der Waals surface area contributed by atoms with Crippen LogP contribution in [0.2, 0.25) is 5.02 Å². The van der Waals surface area contributed by atoms with Gasteiger partial charge in [0.15, 0.2) is 0 Å². The van der Waals surface area contributed by atoms with Gasteiger partial charge in [0, 0.05) is 24.8 Å². The highest BCUT2D eigenvalue weighted by Gasteiger charge is 2.09. The molecule has 3 aromatic rings. The molecule has 0 aliphatic rings. The summed E-state index contributed by atoms with van der Waals surface area (Å²) in [5.41, 5.74) is 3.28. The number of fused-ring (bicyclic) bond motifs is 1. The van der Waals surface area contributed by atoms with Crippen LogP contribution in [0.3, 0.4) is 0 Å². The van der Waals surface area contributed by atoms with E-state index in [2.05, 4.69) is 4.98 Å². The summed E-state index contributed by atoms with van der Waals surface area (Å²) in [4.78, 5) is 17.0. The first kappa shape index (κ1) is 12.8. The van der Waals surface area contributed by atoms with Gasteiger partial charge < -0.3 is 9.88 Å². The number of rotatable bonds is 2. The topological polar surface area (TPSA) is 41.0 Å². The third-order valence-corrected chi connectivity index (χ3v) is 3.50. The number of nitrogens with one attached hydrogen (secondary N) is 1. The number of hydrogen-bond acceptors (Lipinski definition) is 2. The third-order valence-electron chi connectivity index (χ3n) is 3.27. The van der Waals surface area contributed by atoms with Gasteiger partial charge in [0.05, 0.1) is 16.7 Å². The van der Waals surface area contributed by atoms with Gasteiger partial charge in [-0.3, -0.25) is 4.57 Å². The van der Waals surface area contributed by atoms with E-state index < -0.39 is 0 Å².